The van der Waals surface area contributed by atoms with Gasteiger partial charge in [-0.3, -0.25) is 0 Å². The van der Waals surface area contributed by atoms with Gasteiger partial charge in [-0.05, 0) is 145 Å². The van der Waals surface area contributed by atoms with E-state index in [-0.39, 0.29) is 10.8 Å². The van der Waals surface area contributed by atoms with Crippen molar-refractivity contribution >= 4 is 44.6 Å². The molecule has 0 amide bonds. The van der Waals surface area contributed by atoms with E-state index in [1.165, 1.54) is 77.9 Å². The summed E-state index contributed by atoms with van der Waals surface area (Å²) in [6.45, 7) is 9.56. The molecule has 0 N–H and O–H groups in total. The predicted molar refractivity (Wildman–Crippen MR) is 262 cm³/mol. The molecule has 0 aliphatic heterocycles. The Morgan fingerprint density at radius 3 is 1.79 bits per heavy atom. The molecule has 1 aromatic heterocycles. The number of anilines is 3. The normalized spacial score (nSPS) is 16.7. The molecule has 4 aliphatic rings. The first-order chi connectivity index (χ1) is 30.7. The molecule has 302 valence electrons. The van der Waals surface area contributed by atoms with Crippen molar-refractivity contribution in [3.8, 4) is 22.3 Å². The molecule has 0 fully saturated rings. The number of hydrogen-bond acceptors (Lipinski definition) is 2. The third kappa shape index (κ3) is 4.90. The average Bonchev–Trinajstić information content (AvgIpc) is 3.92. The standard InChI is InChI=1S/C61H47NO/c1-59(2)49-18-8-5-15-43(49)45-33-30-42(37-55(45)59)62(41-31-34-58-48(36-41)47-17-7-14-24-57(47)63-58)40-28-25-38(26-29-40)39-27-32-46-44-16-6-9-19-50(44)61(56(46)35-39)53-22-12-10-20-51(53)60(3,4)52-21-11-13-23-54(52)61/h6-14,16-37H,5,15H2,1-4H3. The number of para-hydroxylation sites is 1. The van der Waals surface area contributed by atoms with Gasteiger partial charge in [0.1, 0.15) is 11.2 Å². The van der Waals surface area contributed by atoms with Gasteiger partial charge in [-0.1, -0.05) is 161 Å². The van der Waals surface area contributed by atoms with E-state index in [9.17, 15) is 0 Å². The molecule has 0 atom stereocenters. The number of fused-ring (bicyclic) bond motifs is 14. The topological polar surface area (TPSA) is 16.4 Å². The second-order valence-electron chi connectivity index (χ2n) is 19.1. The quantitative estimate of drug-likeness (QED) is 0.176. The fraction of sp³-hybridized carbons (Fsp3) is 0.148. The van der Waals surface area contributed by atoms with Crippen molar-refractivity contribution < 1.29 is 4.42 Å². The molecule has 2 nitrogen and oxygen atoms in total. The first-order valence-electron chi connectivity index (χ1n) is 22.6. The van der Waals surface area contributed by atoms with E-state index >= 15 is 0 Å². The predicted octanol–water partition coefficient (Wildman–Crippen LogP) is 16.1. The Morgan fingerprint density at radius 1 is 0.429 bits per heavy atom. The van der Waals surface area contributed by atoms with Gasteiger partial charge in [0, 0.05) is 38.7 Å². The molecular weight excluding hydrogens is 763 g/mol. The van der Waals surface area contributed by atoms with E-state index in [1.54, 1.807) is 0 Å². The molecule has 4 aliphatic carbocycles. The molecule has 13 rings (SSSR count). The number of furan rings is 1. The molecule has 1 heterocycles. The molecule has 0 bridgehead atoms. The van der Waals surface area contributed by atoms with Crippen LogP contribution in [-0.4, -0.2) is 0 Å². The van der Waals surface area contributed by atoms with Crippen molar-refractivity contribution in [3.63, 3.8) is 0 Å². The van der Waals surface area contributed by atoms with Gasteiger partial charge in [0.05, 0.1) is 5.41 Å². The van der Waals surface area contributed by atoms with E-state index in [1.807, 2.05) is 6.07 Å². The van der Waals surface area contributed by atoms with Gasteiger partial charge in [-0.2, -0.15) is 0 Å². The molecule has 0 radical (unpaired) electrons. The lowest BCUT2D eigenvalue weighted by Gasteiger charge is -2.46. The molecule has 0 saturated carbocycles. The SMILES string of the molecule is CC1(C)C2=C(CCC=C2)c2ccc(N(c3ccc(-c4ccc5c(c4)C4(c6ccccc6-5)c5ccccc5C(C)(C)c5ccccc54)cc3)c3ccc4oc5ccccc5c4c3)cc21. The number of hydrogen-bond donors (Lipinski definition) is 0. The van der Waals surface area contributed by atoms with Gasteiger partial charge < -0.3 is 9.32 Å². The Morgan fingerprint density at radius 2 is 1.02 bits per heavy atom. The van der Waals surface area contributed by atoms with Gasteiger partial charge in [0.15, 0.2) is 0 Å². The summed E-state index contributed by atoms with van der Waals surface area (Å²) in [5.74, 6) is 0. The first kappa shape index (κ1) is 36.5. The average molecular weight is 810 g/mol. The lowest BCUT2D eigenvalue weighted by Crippen LogP contribution is -2.40. The summed E-state index contributed by atoms with van der Waals surface area (Å²) < 4.78 is 6.32. The highest BCUT2D eigenvalue weighted by Gasteiger charge is 2.53. The maximum Gasteiger partial charge on any atom is 0.135 e. The van der Waals surface area contributed by atoms with E-state index in [0.717, 1.165) is 51.8 Å². The second kappa shape index (κ2) is 12.9. The van der Waals surface area contributed by atoms with Crippen LogP contribution in [0, 0.1) is 0 Å². The summed E-state index contributed by atoms with van der Waals surface area (Å²) in [4.78, 5) is 2.43. The molecule has 0 saturated heterocycles. The number of nitrogens with zero attached hydrogens (tertiary/aromatic N) is 1. The van der Waals surface area contributed by atoms with Crippen LogP contribution in [0.1, 0.15) is 85.0 Å². The smallest absolute Gasteiger partial charge is 0.135 e. The van der Waals surface area contributed by atoms with Crippen molar-refractivity contribution in [2.24, 2.45) is 0 Å². The third-order valence-electron chi connectivity index (χ3n) is 15.2. The van der Waals surface area contributed by atoms with Crippen molar-refractivity contribution in [1.82, 2.24) is 0 Å². The highest BCUT2D eigenvalue weighted by molar-refractivity contribution is 6.06. The largest absolute Gasteiger partial charge is 0.456 e. The Kier molecular flexibility index (Phi) is 7.49. The Bertz CT molecular complexity index is 3410. The van der Waals surface area contributed by atoms with Crippen molar-refractivity contribution in [2.75, 3.05) is 4.90 Å². The number of allylic oxidation sites excluding steroid dienone is 4. The first-order valence-corrected chi connectivity index (χ1v) is 22.6. The van der Waals surface area contributed by atoms with E-state index in [2.05, 4.69) is 215 Å². The minimum absolute atomic E-state index is 0.0719. The summed E-state index contributed by atoms with van der Waals surface area (Å²) in [6.07, 6.45) is 6.92. The highest BCUT2D eigenvalue weighted by atomic mass is 16.3. The third-order valence-corrected chi connectivity index (χ3v) is 15.2. The lowest BCUT2D eigenvalue weighted by atomic mass is 9.55. The second-order valence-corrected chi connectivity index (χ2v) is 19.1. The molecule has 2 heteroatoms. The van der Waals surface area contributed by atoms with E-state index < -0.39 is 5.41 Å². The van der Waals surface area contributed by atoms with Crippen LogP contribution in [0.25, 0.3) is 49.8 Å². The fourth-order valence-corrected chi connectivity index (χ4v) is 12.3. The monoisotopic (exact) mass is 809 g/mol. The van der Waals surface area contributed by atoms with Gasteiger partial charge in [0.25, 0.3) is 0 Å². The van der Waals surface area contributed by atoms with Crippen LogP contribution >= 0.6 is 0 Å². The highest BCUT2D eigenvalue weighted by Crippen LogP contribution is 2.62. The summed E-state index contributed by atoms with van der Waals surface area (Å²) in [5.41, 5.74) is 23.6. The van der Waals surface area contributed by atoms with Crippen LogP contribution in [0.5, 0.6) is 0 Å². The Balaban J connectivity index is 0.968. The van der Waals surface area contributed by atoms with Crippen LogP contribution in [0.4, 0.5) is 17.1 Å². The minimum Gasteiger partial charge on any atom is -0.456 e. The number of rotatable bonds is 4. The Labute approximate surface area is 369 Å². The van der Waals surface area contributed by atoms with E-state index in [0.29, 0.717) is 0 Å². The molecule has 0 unspecified atom stereocenters. The fourth-order valence-electron chi connectivity index (χ4n) is 12.3. The van der Waals surface area contributed by atoms with Crippen LogP contribution in [0.15, 0.2) is 198 Å². The summed E-state index contributed by atoms with van der Waals surface area (Å²) in [5, 5.41) is 2.25. The lowest BCUT2D eigenvalue weighted by molar-refractivity contribution is 0.563. The zero-order chi connectivity index (χ0) is 42.2. The van der Waals surface area contributed by atoms with Crippen molar-refractivity contribution in [3.05, 3.63) is 238 Å². The van der Waals surface area contributed by atoms with Gasteiger partial charge >= 0.3 is 0 Å². The molecular formula is C61H47NO. The summed E-state index contributed by atoms with van der Waals surface area (Å²) in [6, 6.07) is 66.1. The van der Waals surface area contributed by atoms with Gasteiger partial charge in [-0.25, -0.2) is 0 Å². The minimum atomic E-state index is -0.428. The summed E-state index contributed by atoms with van der Waals surface area (Å²) >= 11 is 0. The van der Waals surface area contributed by atoms with E-state index in [4.69, 9.17) is 4.42 Å². The molecule has 63 heavy (non-hydrogen) atoms. The maximum atomic E-state index is 6.32. The van der Waals surface area contributed by atoms with Crippen molar-refractivity contribution in [1.29, 1.82) is 0 Å². The Hall–Kier alpha value is -7.16. The molecule has 8 aromatic carbocycles. The zero-order valence-electron chi connectivity index (χ0n) is 36.2. The summed E-state index contributed by atoms with van der Waals surface area (Å²) in [7, 11) is 0. The molecule has 9 aromatic rings. The van der Waals surface area contributed by atoms with Crippen molar-refractivity contribution in [2.45, 2.75) is 56.8 Å². The molecule has 1 spiro atoms. The van der Waals surface area contributed by atoms with Crippen LogP contribution < -0.4 is 4.90 Å². The van der Waals surface area contributed by atoms with Gasteiger partial charge in [0.2, 0.25) is 0 Å². The van der Waals surface area contributed by atoms with Crippen LogP contribution in [0.2, 0.25) is 0 Å². The van der Waals surface area contributed by atoms with Gasteiger partial charge in [-0.15, -0.1) is 0 Å². The van der Waals surface area contributed by atoms with Crippen LogP contribution in [0.3, 0.4) is 0 Å². The number of benzene rings is 8. The van der Waals surface area contributed by atoms with Crippen LogP contribution in [-0.2, 0) is 16.2 Å². The zero-order valence-corrected chi connectivity index (χ0v) is 36.2. The maximum absolute atomic E-state index is 6.32.